The zero-order chi connectivity index (χ0) is 19.5. The van der Waals surface area contributed by atoms with Crippen molar-refractivity contribution in [2.75, 3.05) is 0 Å². The van der Waals surface area contributed by atoms with E-state index in [9.17, 15) is 0 Å². The molecule has 1 fully saturated rings. The summed E-state index contributed by atoms with van der Waals surface area (Å²) in [5.41, 5.74) is 2.60. The van der Waals surface area contributed by atoms with Gasteiger partial charge in [0.2, 0.25) is 0 Å². The van der Waals surface area contributed by atoms with Crippen LogP contribution >= 0.6 is 0 Å². The molecule has 1 aliphatic heterocycles. The summed E-state index contributed by atoms with van der Waals surface area (Å²) in [5.74, 6) is 7.73. The molecule has 0 amide bonds. The van der Waals surface area contributed by atoms with E-state index in [2.05, 4.69) is 28.0 Å². The fraction of sp³-hybridized carbons (Fsp3) is 0.273. The summed E-state index contributed by atoms with van der Waals surface area (Å²) in [6.45, 7) is 8.16. The van der Waals surface area contributed by atoms with Gasteiger partial charge in [-0.25, -0.2) is 0 Å². The van der Waals surface area contributed by atoms with Crippen molar-refractivity contribution in [1.82, 2.24) is 0 Å². The molecule has 0 atom stereocenters. The van der Waals surface area contributed by atoms with Crippen LogP contribution in [0, 0.1) is 24.2 Å². The Bertz CT molecular complexity index is 927. The molecule has 0 unspecified atom stereocenters. The quantitative estimate of drug-likeness (QED) is 0.465. The molecule has 27 heavy (non-hydrogen) atoms. The average Bonchev–Trinajstić information content (AvgIpc) is 2.87. The van der Waals surface area contributed by atoms with Crippen LogP contribution in [0.1, 0.15) is 33.3 Å². The largest absolute Gasteiger partial charge is 0.494 e. The lowest BCUT2D eigenvalue weighted by molar-refractivity contribution is 0.00578. The lowest BCUT2D eigenvalue weighted by atomic mass is 9.79. The Balaban J connectivity index is 1.68. The maximum Gasteiger partial charge on any atom is 0.494 e. The SMILES string of the molecule is C#CC#Cc1ccc(N=Nc2ccc(B3OC(C)(C)C(C)(C)O3)cc2)cc1. The van der Waals surface area contributed by atoms with E-state index in [1.807, 2.05) is 76.2 Å². The summed E-state index contributed by atoms with van der Waals surface area (Å²) >= 11 is 0. The number of terminal acetylenes is 1. The van der Waals surface area contributed by atoms with E-state index in [0.29, 0.717) is 0 Å². The summed E-state index contributed by atoms with van der Waals surface area (Å²) in [6, 6.07) is 15.1. The zero-order valence-electron chi connectivity index (χ0n) is 16.0. The monoisotopic (exact) mass is 356 g/mol. The molecule has 3 rings (SSSR count). The molecule has 0 bridgehead atoms. The molecule has 0 spiro atoms. The van der Waals surface area contributed by atoms with E-state index in [-0.39, 0.29) is 18.3 Å². The first-order valence-electron chi connectivity index (χ1n) is 8.75. The van der Waals surface area contributed by atoms with Gasteiger partial charge in [0.25, 0.3) is 0 Å². The average molecular weight is 356 g/mol. The predicted octanol–water partition coefficient (Wildman–Crippen LogP) is 4.39. The van der Waals surface area contributed by atoms with Gasteiger partial charge in [0.05, 0.1) is 22.6 Å². The van der Waals surface area contributed by atoms with Gasteiger partial charge in [-0.15, -0.1) is 6.42 Å². The number of rotatable bonds is 3. The molecule has 0 saturated carbocycles. The predicted molar refractivity (Wildman–Crippen MR) is 108 cm³/mol. The fourth-order valence-corrected chi connectivity index (χ4v) is 2.51. The van der Waals surface area contributed by atoms with Crippen LogP contribution < -0.4 is 5.46 Å². The molecule has 4 nitrogen and oxygen atoms in total. The second-order valence-electron chi connectivity index (χ2n) is 7.32. The molecule has 0 N–H and O–H groups in total. The van der Waals surface area contributed by atoms with Crippen molar-refractivity contribution in [2.24, 2.45) is 10.2 Å². The molecular weight excluding hydrogens is 335 g/mol. The van der Waals surface area contributed by atoms with Gasteiger partial charge >= 0.3 is 7.12 Å². The summed E-state index contributed by atoms with van der Waals surface area (Å²) < 4.78 is 12.1. The third kappa shape index (κ3) is 4.28. The van der Waals surface area contributed by atoms with Crippen molar-refractivity contribution < 1.29 is 9.31 Å². The molecule has 1 aliphatic rings. The van der Waals surface area contributed by atoms with E-state index in [0.717, 1.165) is 22.4 Å². The van der Waals surface area contributed by atoms with Gasteiger partial charge in [-0.3, -0.25) is 0 Å². The lowest BCUT2D eigenvalue weighted by Crippen LogP contribution is -2.41. The minimum atomic E-state index is -0.377. The summed E-state index contributed by atoms with van der Waals surface area (Å²) in [6.07, 6.45) is 5.12. The van der Waals surface area contributed by atoms with Gasteiger partial charge in [0.15, 0.2) is 0 Å². The van der Waals surface area contributed by atoms with Crippen molar-refractivity contribution >= 4 is 24.0 Å². The maximum atomic E-state index is 6.06. The number of nitrogens with zero attached hydrogens (tertiary/aromatic N) is 2. The highest BCUT2D eigenvalue weighted by Gasteiger charge is 2.51. The third-order valence-electron chi connectivity index (χ3n) is 4.85. The van der Waals surface area contributed by atoms with Crippen molar-refractivity contribution in [3.05, 3.63) is 54.1 Å². The normalized spacial score (nSPS) is 17.4. The maximum absolute atomic E-state index is 6.06. The van der Waals surface area contributed by atoms with Gasteiger partial charge in [-0.2, -0.15) is 10.2 Å². The van der Waals surface area contributed by atoms with Crippen LogP contribution in [0.25, 0.3) is 0 Å². The van der Waals surface area contributed by atoms with Crippen molar-refractivity contribution in [2.45, 2.75) is 38.9 Å². The third-order valence-corrected chi connectivity index (χ3v) is 4.85. The highest BCUT2D eigenvalue weighted by atomic mass is 16.7. The van der Waals surface area contributed by atoms with Crippen LogP contribution in [-0.4, -0.2) is 18.3 Å². The van der Waals surface area contributed by atoms with E-state index in [1.165, 1.54) is 0 Å². The van der Waals surface area contributed by atoms with Crippen LogP contribution in [0.15, 0.2) is 58.8 Å². The highest BCUT2D eigenvalue weighted by Crippen LogP contribution is 2.36. The van der Waals surface area contributed by atoms with Crippen LogP contribution in [0.3, 0.4) is 0 Å². The Labute approximate surface area is 161 Å². The Hall–Kier alpha value is -2.86. The van der Waals surface area contributed by atoms with E-state index < -0.39 is 0 Å². The van der Waals surface area contributed by atoms with E-state index >= 15 is 0 Å². The Morgan fingerprint density at radius 3 is 1.78 bits per heavy atom. The molecule has 0 radical (unpaired) electrons. The van der Waals surface area contributed by atoms with Gasteiger partial charge in [-0.05, 0) is 81.4 Å². The Morgan fingerprint density at radius 1 is 0.815 bits per heavy atom. The number of azo groups is 1. The van der Waals surface area contributed by atoms with Crippen LogP contribution in [0.2, 0.25) is 0 Å². The van der Waals surface area contributed by atoms with E-state index in [4.69, 9.17) is 15.7 Å². The van der Waals surface area contributed by atoms with Gasteiger partial charge in [0.1, 0.15) is 0 Å². The van der Waals surface area contributed by atoms with Crippen molar-refractivity contribution in [3.8, 4) is 24.2 Å². The minimum absolute atomic E-state index is 0.354. The lowest BCUT2D eigenvalue weighted by Gasteiger charge is -2.32. The van der Waals surface area contributed by atoms with Crippen LogP contribution in [0.5, 0.6) is 0 Å². The molecule has 134 valence electrons. The smallest absolute Gasteiger partial charge is 0.399 e. The number of hydrogen-bond donors (Lipinski definition) is 0. The zero-order valence-corrected chi connectivity index (χ0v) is 16.0. The van der Waals surface area contributed by atoms with Gasteiger partial charge < -0.3 is 9.31 Å². The summed E-state index contributed by atoms with van der Waals surface area (Å²) in [4.78, 5) is 0. The summed E-state index contributed by atoms with van der Waals surface area (Å²) in [5, 5.41) is 8.51. The fourth-order valence-electron chi connectivity index (χ4n) is 2.51. The molecular formula is C22H21BN2O2. The topological polar surface area (TPSA) is 43.2 Å². The standard InChI is InChI=1S/C22H21BN2O2/c1-6-7-8-17-9-13-19(14-10-17)24-25-20-15-11-18(12-16-20)23-26-21(2,3)22(4,5)27-23/h1,9-16H,2-5H3. The molecule has 1 saturated heterocycles. The molecule has 0 aliphatic carbocycles. The van der Waals surface area contributed by atoms with Crippen LogP contribution in [-0.2, 0) is 9.31 Å². The van der Waals surface area contributed by atoms with Crippen molar-refractivity contribution in [1.29, 1.82) is 0 Å². The van der Waals surface area contributed by atoms with Crippen LogP contribution in [0.4, 0.5) is 11.4 Å². The molecule has 2 aromatic carbocycles. The summed E-state index contributed by atoms with van der Waals surface area (Å²) in [7, 11) is -0.377. The molecule has 1 heterocycles. The van der Waals surface area contributed by atoms with Gasteiger partial charge in [0, 0.05) is 5.56 Å². The first kappa shape index (κ1) is 18.9. The highest BCUT2D eigenvalue weighted by molar-refractivity contribution is 6.62. The first-order valence-corrected chi connectivity index (χ1v) is 8.75. The first-order chi connectivity index (χ1) is 12.8. The molecule has 2 aromatic rings. The molecule has 5 heteroatoms. The second kappa shape index (κ2) is 7.41. The Morgan fingerprint density at radius 2 is 1.30 bits per heavy atom. The molecule has 0 aromatic heterocycles. The van der Waals surface area contributed by atoms with E-state index in [1.54, 1.807) is 0 Å². The van der Waals surface area contributed by atoms with Gasteiger partial charge in [-0.1, -0.05) is 18.1 Å². The second-order valence-corrected chi connectivity index (χ2v) is 7.32. The number of benzene rings is 2. The van der Waals surface area contributed by atoms with Crippen molar-refractivity contribution in [3.63, 3.8) is 0 Å². The minimum Gasteiger partial charge on any atom is -0.399 e. The number of hydrogen-bond acceptors (Lipinski definition) is 4. The Kier molecular flexibility index (Phi) is 5.19.